The zero-order valence-corrected chi connectivity index (χ0v) is 10.6. The van der Waals surface area contributed by atoms with Crippen molar-refractivity contribution >= 4 is 11.8 Å². The molecule has 2 N–H and O–H groups in total. The molecule has 1 aromatic carbocycles. The molecule has 0 aromatic heterocycles. The average molecular weight is 266 g/mol. The Kier molecular flexibility index (Phi) is 3.80. The Morgan fingerprint density at radius 2 is 2.21 bits per heavy atom. The number of nitrogens with zero attached hydrogens (tertiary/aromatic N) is 1. The van der Waals surface area contributed by atoms with Crippen LogP contribution in [0.5, 0.6) is 5.75 Å². The van der Waals surface area contributed by atoms with E-state index in [0.29, 0.717) is 12.0 Å². The maximum Gasteiger partial charge on any atom is 0.246 e. The number of hydrogen-bond donors (Lipinski definition) is 1. The van der Waals surface area contributed by atoms with Crippen molar-refractivity contribution in [1.82, 2.24) is 4.90 Å². The highest BCUT2D eigenvalue weighted by molar-refractivity contribution is 6.05. The zero-order valence-electron chi connectivity index (χ0n) is 10.6. The molecule has 1 saturated heterocycles. The number of ether oxygens (including phenoxy) is 1. The third-order valence-electron chi connectivity index (χ3n) is 3.12. The lowest BCUT2D eigenvalue weighted by molar-refractivity contribution is -0.138. The van der Waals surface area contributed by atoms with Gasteiger partial charge in [0.25, 0.3) is 0 Å². The number of methoxy groups -OCH3 is 1. The topological polar surface area (TPSA) is 72.6 Å². The van der Waals surface area contributed by atoms with Crippen molar-refractivity contribution in [2.45, 2.75) is 18.9 Å². The Morgan fingerprint density at radius 3 is 2.74 bits per heavy atom. The second kappa shape index (κ2) is 5.36. The summed E-state index contributed by atoms with van der Waals surface area (Å²) in [6, 6.07) is 3.82. The minimum absolute atomic E-state index is 0.0514. The number of likely N-dealkylation sites (tertiary alicyclic amines) is 1. The van der Waals surface area contributed by atoms with Gasteiger partial charge in [0.1, 0.15) is 0 Å². The molecule has 0 aliphatic carbocycles. The number of hydrogen-bond acceptors (Lipinski definition) is 4. The van der Waals surface area contributed by atoms with Crippen LogP contribution < -0.4 is 10.5 Å². The van der Waals surface area contributed by atoms with Crippen molar-refractivity contribution < 1.29 is 18.7 Å². The van der Waals surface area contributed by atoms with Gasteiger partial charge in [0.05, 0.1) is 19.6 Å². The number of benzene rings is 1. The van der Waals surface area contributed by atoms with Crippen LogP contribution in [0.4, 0.5) is 4.39 Å². The van der Waals surface area contributed by atoms with Gasteiger partial charge < -0.3 is 10.5 Å². The van der Waals surface area contributed by atoms with E-state index in [-0.39, 0.29) is 30.5 Å². The molecular formula is C13H15FN2O3. The third-order valence-corrected chi connectivity index (χ3v) is 3.12. The lowest BCUT2D eigenvalue weighted by Gasteiger charge is -2.14. The molecule has 2 rings (SSSR count). The fourth-order valence-electron chi connectivity index (χ4n) is 2.05. The quantitative estimate of drug-likeness (QED) is 0.804. The summed E-state index contributed by atoms with van der Waals surface area (Å²) >= 11 is 0. The standard InChI is InChI=1S/C13H15FN2O3/c1-19-11-3-2-8(6-9(11)14)4-5-16-12(17)7-10(15)13(16)18/h2-3,6,10H,4-5,7,15H2,1H3. The Morgan fingerprint density at radius 1 is 1.47 bits per heavy atom. The number of halogens is 1. The number of amides is 2. The molecule has 1 fully saturated rings. The van der Waals surface area contributed by atoms with Crippen LogP contribution in [-0.4, -0.2) is 36.4 Å². The molecule has 1 atom stereocenters. The van der Waals surface area contributed by atoms with Gasteiger partial charge in [0.2, 0.25) is 11.8 Å². The lowest BCUT2D eigenvalue weighted by atomic mass is 10.1. The van der Waals surface area contributed by atoms with Gasteiger partial charge in [-0.05, 0) is 24.1 Å². The Labute approximate surface area is 110 Å². The van der Waals surface area contributed by atoms with Gasteiger partial charge in [0, 0.05) is 6.54 Å². The summed E-state index contributed by atoms with van der Waals surface area (Å²) < 4.78 is 18.3. The van der Waals surface area contributed by atoms with E-state index in [2.05, 4.69) is 0 Å². The monoisotopic (exact) mass is 266 g/mol. The largest absolute Gasteiger partial charge is 0.494 e. The van der Waals surface area contributed by atoms with Gasteiger partial charge in [-0.25, -0.2) is 4.39 Å². The molecule has 0 spiro atoms. The van der Waals surface area contributed by atoms with E-state index in [1.54, 1.807) is 6.07 Å². The van der Waals surface area contributed by atoms with E-state index in [1.165, 1.54) is 19.2 Å². The van der Waals surface area contributed by atoms with Crippen molar-refractivity contribution in [3.05, 3.63) is 29.6 Å². The molecule has 0 radical (unpaired) electrons. The lowest BCUT2D eigenvalue weighted by Crippen LogP contribution is -2.36. The molecule has 19 heavy (non-hydrogen) atoms. The first-order valence-electron chi connectivity index (χ1n) is 5.95. The average Bonchev–Trinajstić information content (AvgIpc) is 2.61. The molecule has 5 nitrogen and oxygen atoms in total. The number of carbonyl (C=O) groups excluding carboxylic acids is 2. The Balaban J connectivity index is 2.01. The Hall–Kier alpha value is -1.95. The van der Waals surface area contributed by atoms with Crippen molar-refractivity contribution in [1.29, 1.82) is 0 Å². The molecular weight excluding hydrogens is 251 g/mol. The summed E-state index contributed by atoms with van der Waals surface area (Å²) in [6.07, 6.45) is 0.445. The van der Waals surface area contributed by atoms with E-state index < -0.39 is 11.9 Å². The second-order valence-corrected chi connectivity index (χ2v) is 4.41. The molecule has 0 saturated carbocycles. The van der Waals surface area contributed by atoms with Gasteiger partial charge in [-0.2, -0.15) is 0 Å². The van der Waals surface area contributed by atoms with E-state index in [1.807, 2.05) is 0 Å². The van der Waals surface area contributed by atoms with E-state index in [4.69, 9.17) is 10.5 Å². The van der Waals surface area contributed by atoms with Gasteiger partial charge in [-0.1, -0.05) is 6.07 Å². The SMILES string of the molecule is COc1ccc(CCN2C(=O)CC(N)C2=O)cc1F. The van der Waals surface area contributed by atoms with Crippen LogP contribution in [0.25, 0.3) is 0 Å². The van der Waals surface area contributed by atoms with E-state index >= 15 is 0 Å². The summed E-state index contributed by atoms with van der Waals surface area (Å²) in [4.78, 5) is 24.2. The molecule has 2 amide bonds. The van der Waals surface area contributed by atoms with E-state index in [9.17, 15) is 14.0 Å². The van der Waals surface area contributed by atoms with Gasteiger partial charge in [0.15, 0.2) is 11.6 Å². The second-order valence-electron chi connectivity index (χ2n) is 4.41. The first kappa shape index (κ1) is 13.5. The van der Waals surface area contributed by atoms with Crippen molar-refractivity contribution in [3.8, 4) is 5.75 Å². The van der Waals surface area contributed by atoms with Crippen molar-refractivity contribution in [3.63, 3.8) is 0 Å². The van der Waals surface area contributed by atoms with E-state index in [0.717, 1.165) is 4.90 Å². The summed E-state index contributed by atoms with van der Waals surface area (Å²) in [6.45, 7) is 0.219. The predicted octanol–water partition coefficient (Wildman–Crippen LogP) is 0.463. The molecule has 1 heterocycles. The van der Waals surface area contributed by atoms with Gasteiger partial charge >= 0.3 is 0 Å². The number of rotatable bonds is 4. The first-order valence-corrected chi connectivity index (χ1v) is 5.95. The fourth-order valence-corrected chi connectivity index (χ4v) is 2.05. The first-order chi connectivity index (χ1) is 9.02. The van der Waals surface area contributed by atoms with Gasteiger partial charge in [-0.3, -0.25) is 14.5 Å². The van der Waals surface area contributed by atoms with Crippen molar-refractivity contribution in [2.75, 3.05) is 13.7 Å². The normalized spacial score (nSPS) is 19.1. The number of imide groups is 1. The number of carbonyl (C=O) groups is 2. The summed E-state index contributed by atoms with van der Waals surface area (Å²) in [7, 11) is 1.39. The maximum absolute atomic E-state index is 13.5. The van der Waals surface area contributed by atoms with Crippen LogP contribution in [0, 0.1) is 5.82 Å². The molecule has 1 aliphatic heterocycles. The molecule has 1 aliphatic rings. The van der Waals surface area contributed by atoms with Crippen LogP contribution in [0.3, 0.4) is 0 Å². The highest BCUT2D eigenvalue weighted by atomic mass is 19.1. The Bertz CT molecular complexity index is 519. The minimum Gasteiger partial charge on any atom is -0.494 e. The highest BCUT2D eigenvalue weighted by Crippen LogP contribution is 2.19. The molecule has 102 valence electrons. The van der Waals surface area contributed by atoms with Crippen LogP contribution >= 0.6 is 0 Å². The zero-order chi connectivity index (χ0) is 14.0. The maximum atomic E-state index is 13.5. The summed E-state index contributed by atoms with van der Waals surface area (Å²) in [5.74, 6) is -0.930. The van der Waals surface area contributed by atoms with Gasteiger partial charge in [-0.15, -0.1) is 0 Å². The van der Waals surface area contributed by atoms with Crippen molar-refractivity contribution in [2.24, 2.45) is 5.73 Å². The molecule has 6 heteroatoms. The summed E-state index contributed by atoms with van der Waals surface area (Å²) in [5, 5.41) is 0. The smallest absolute Gasteiger partial charge is 0.246 e. The predicted molar refractivity (Wildman–Crippen MR) is 66.0 cm³/mol. The molecule has 1 aromatic rings. The molecule has 0 bridgehead atoms. The summed E-state index contributed by atoms with van der Waals surface area (Å²) in [5.41, 5.74) is 6.20. The number of nitrogens with two attached hydrogens (primary N) is 1. The highest BCUT2D eigenvalue weighted by Gasteiger charge is 2.35. The molecule has 1 unspecified atom stereocenters. The fraction of sp³-hybridized carbons (Fsp3) is 0.385. The van der Waals surface area contributed by atoms with Crippen LogP contribution in [0.2, 0.25) is 0 Å². The van der Waals surface area contributed by atoms with Crippen LogP contribution in [0.15, 0.2) is 18.2 Å². The minimum atomic E-state index is -0.736. The van der Waals surface area contributed by atoms with Crippen LogP contribution in [-0.2, 0) is 16.0 Å². The third kappa shape index (κ3) is 2.73. The van der Waals surface area contributed by atoms with Crippen LogP contribution in [0.1, 0.15) is 12.0 Å².